The number of ether oxygens (including phenoxy) is 2. The zero-order valence-corrected chi connectivity index (χ0v) is 16.9. The fourth-order valence-corrected chi connectivity index (χ4v) is 3.76. The van der Waals surface area contributed by atoms with Crippen molar-refractivity contribution in [1.82, 2.24) is 19.7 Å². The number of nitrogens with one attached hydrogen (secondary N) is 1. The van der Waals surface area contributed by atoms with E-state index in [1.165, 1.54) is 10.9 Å². The number of aromatic nitrogens is 4. The third-order valence-electron chi connectivity index (χ3n) is 4.98. The molecule has 6 atom stereocenters. The van der Waals surface area contributed by atoms with E-state index in [1.54, 1.807) is 0 Å². The molecule has 5 N–H and O–H groups in total. The van der Waals surface area contributed by atoms with Crippen LogP contribution in [0.3, 0.4) is 0 Å². The number of fused-ring (bicyclic) bond motifs is 1. The van der Waals surface area contributed by atoms with Gasteiger partial charge in [0.1, 0.15) is 30.5 Å². The molecule has 0 aromatic carbocycles. The van der Waals surface area contributed by atoms with E-state index < -0.39 is 38.5 Å². The van der Waals surface area contributed by atoms with E-state index >= 15 is 0 Å². The quantitative estimate of drug-likeness (QED) is 0.286. The maximum atomic E-state index is 10.9. The number of nitrogens with zero attached hydrogens (tertiary/aromatic N) is 4. The third kappa shape index (κ3) is 4.39. The highest BCUT2D eigenvalue weighted by molar-refractivity contribution is 7.51. The second kappa shape index (κ2) is 7.71. The minimum atomic E-state index is -4.35. The van der Waals surface area contributed by atoms with Crippen LogP contribution in [0.4, 0.5) is 5.82 Å². The molecule has 0 bridgehead atoms. The number of aliphatic hydroxyl groups excluding tert-OH is 2. The predicted octanol–water partition coefficient (Wildman–Crippen LogP) is 0.0710. The highest BCUT2D eigenvalue weighted by Crippen LogP contribution is 2.37. The van der Waals surface area contributed by atoms with Crippen LogP contribution in [0.1, 0.15) is 19.6 Å². The largest absolute Gasteiger partial charge is 0.387 e. The molecule has 2 aromatic heterocycles. The average Bonchev–Trinajstić information content (AvgIpc) is 3.04. The van der Waals surface area contributed by atoms with E-state index in [0.29, 0.717) is 28.8 Å². The van der Waals surface area contributed by atoms with Gasteiger partial charge in [-0.05, 0) is 23.9 Å². The van der Waals surface area contributed by atoms with Crippen LogP contribution in [-0.4, -0.2) is 77.1 Å². The number of hydrogen-bond acceptors (Lipinski definition) is 9. The Morgan fingerprint density at radius 2 is 2.10 bits per heavy atom. The fraction of sp³-hybridized carbons (Fsp3) is 0.667. The summed E-state index contributed by atoms with van der Waals surface area (Å²) in [6.07, 6.45) is -3.10. The summed E-state index contributed by atoms with van der Waals surface area (Å²) in [5, 5.41) is 28.7. The zero-order valence-electron chi connectivity index (χ0n) is 15.3. The van der Waals surface area contributed by atoms with Crippen LogP contribution in [-0.2, 0) is 14.0 Å². The molecule has 0 amide bonds. The molecule has 1 saturated carbocycles. The van der Waals surface area contributed by atoms with Crippen molar-refractivity contribution in [3.63, 3.8) is 0 Å². The van der Waals surface area contributed by atoms with Crippen LogP contribution in [0, 0.1) is 5.92 Å². The molecule has 4 rings (SSSR count). The molecule has 14 heteroatoms. The summed E-state index contributed by atoms with van der Waals surface area (Å²) in [5.74, 6) is 1.05. The molecule has 1 saturated heterocycles. The van der Waals surface area contributed by atoms with Crippen molar-refractivity contribution in [2.45, 2.75) is 43.9 Å². The second-order valence-electron chi connectivity index (χ2n) is 7.34. The Morgan fingerprint density at radius 3 is 2.76 bits per heavy atom. The minimum absolute atomic E-state index is 0.00962. The van der Waals surface area contributed by atoms with Crippen molar-refractivity contribution in [1.29, 1.82) is 0 Å². The molecule has 160 valence electrons. The highest BCUT2D eigenvalue weighted by atomic mass is 35.5. The molecule has 2 aromatic rings. The Kier molecular flexibility index (Phi) is 5.55. The number of rotatable bonds is 7. The van der Waals surface area contributed by atoms with E-state index in [-0.39, 0.29) is 11.9 Å². The van der Waals surface area contributed by atoms with Crippen molar-refractivity contribution >= 4 is 36.0 Å². The summed E-state index contributed by atoms with van der Waals surface area (Å²) in [6, 6.07) is 0.290. The lowest BCUT2D eigenvalue weighted by atomic mass is 10.1. The van der Waals surface area contributed by atoms with Crippen LogP contribution in [0.25, 0.3) is 11.0 Å². The molecule has 2 aliphatic rings. The van der Waals surface area contributed by atoms with Gasteiger partial charge in [-0.1, -0.05) is 6.92 Å². The van der Waals surface area contributed by atoms with Gasteiger partial charge in [-0.2, -0.15) is 15.1 Å². The minimum Gasteiger partial charge on any atom is -0.387 e. The van der Waals surface area contributed by atoms with Crippen molar-refractivity contribution in [2.75, 3.05) is 18.3 Å². The van der Waals surface area contributed by atoms with Crippen molar-refractivity contribution < 1.29 is 34.0 Å². The lowest BCUT2D eigenvalue weighted by Gasteiger charge is -2.16. The van der Waals surface area contributed by atoms with Crippen LogP contribution in [0.5, 0.6) is 0 Å². The Morgan fingerprint density at radius 1 is 1.38 bits per heavy atom. The van der Waals surface area contributed by atoms with E-state index in [2.05, 4.69) is 27.3 Å². The molecule has 0 radical (unpaired) electrons. The Balaban J connectivity index is 1.55. The van der Waals surface area contributed by atoms with Gasteiger partial charge in [0.2, 0.25) is 5.28 Å². The number of halogens is 1. The molecule has 1 aliphatic heterocycles. The summed E-state index contributed by atoms with van der Waals surface area (Å²) in [5.41, 5.74) is 0.314. The first-order valence-electron chi connectivity index (χ1n) is 8.95. The maximum Gasteiger partial charge on any atom is 0.350 e. The van der Waals surface area contributed by atoms with Crippen LogP contribution in [0.15, 0.2) is 6.20 Å². The molecule has 1 aliphatic carbocycles. The second-order valence-corrected chi connectivity index (χ2v) is 9.27. The lowest BCUT2D eigenvalue weighted by molar-refractivity contribution is -0.0658. The number of hydrogen-bond donors (Lipinski definition) is 5. The van der Waals surface area contributed by atoms with Gasteiger partial charge in [0.05, 0.1) is 18.2 Å². The predicted molar refractivity (Wildman–Crippen MR) is 100 cm³/mol. The summed E-state index contributed by atoms with van der Waals surface area (Å²) < 4.78 is 22.7. The smallest absolute Gasteiger partial charge is 0.350 e. The van der Waals surface area contributed by atoms with Gasteiger partial charge in [-0.15, -0.1) is 0 Å². The van der Waals surface area contributed by atoms with E-state index in [4.69, 9.17) is 30.9 Å². The molecule has 3 heterocycles. The Hall–Kier alpha value is -1.37. The molecule has 0 spiro atoms. The monoisotopic (exact) mass is 449 g/mol. The van der Waals surface area contributed by atoms with Crippen molar-refractivity contribution in [2.24, 2.45) is 5.92 Å². The SMILES string of the molecule is C[C@@H]1C[C@@H]1Nc1nc(Cl)nc2c1cnn2[C@@H]1O[C@H](COCP(=O)(O)O)[C@@H](O)[C@H]1O. The first-order valence-corrected chi connectivity index (χ1v) is 11.1. The molecule has 2 fully saturated rings. The summed E-state index contributed by atoms with van der Waals surface area (Å²) in [4.78, 5) is 26.1. The van der Waals surface area contributed by atoms with E-state index in [9.17, 15) is 14.8 Å². The van der Waals surface area contributed by atoms with Gasteiger partial charge in [-0.3, -0.25) is 4.57 Å². The summed E-state index contributed by atoms with van der Waals surface area (Å²) >= 11 is 6.05. The Bertz CT molecular complexity index is 955. The van der Waals surface area contributed by atoms with E-state index in [1.807, 2.05) is 0 Å². The van der Waals surface area contributed by atoms with Gasteiger partial charge in [0.15, 0.2) is 11.9 Å². The van der Waals surface area contributed by atoms with Gasteiger partial charge in [0, 0.05) is 6.04 Å². The topological polar surface area (TPSA) is 172 Å². The molecule has 12 nitrogen and oxygen atoms in total. The van der Waals surface area contributed by atoms with Gasteiger partial charge >= 0.3 is 7.60 Å². The summed E-state index contributed by atoms with van der Waals surface area (Å²) in [6.45, 7) is 1.79. The first-order chi connectivity index (χ1) is 13.6. The molecular formula is C15H21ClN5O7P. The Labute approximate surface area is 170 Å². The molecule has 29 heavy (non-hydrogen) atoms. The normalized spacial score (nSPS) is 32.1. The van der Waals surface area contributed by atoms with Gasteiger partial charge in [-0.25, -0.2) is 4.68 Å². The standard InChI is InChI=1S/C15H21ClN5O7P/c1-6-2-8(6)18-12-7-3-17-21(13(7)20-15(16)19-12)14-11(23)10(22)9(28-14)4-27-5-29(24,25)26/h3,6,8-11,14,22-23H,2,4-5H2,1H3,(H,18,19,20)(H2,24,25,26)/t6-,8+,9-,10-,11-,14-/m1/s1. The van der Waals surface area contributed by atoms with E-state index in [0.717, 1.165) is 6.42 Å². The van der Waals surface area contributed by atoms with Crippen molar-refractivity contribution in [3.05, 3.63) is 11.5 Å². The summed E-state index contributed by atoms with van der Waals surface area (Å²) in [7, 11) is -4.35. The van der Waals surface area contributed by atoms with Gasteiger partial charge in [0.25, 0.3) is 0 Å². The highest BCUT2D eigenvalue weighted by Gasteiger charge is 2.45. The number of aliphatic hydroxyl groups is 2. The third-order valence-corrected chi connectivity index (χ3v) is 5.67. The molecule has 0 unspecified atom stereocenters. The lowest BCUT2D eigenvalue weighted by Crippen LogP contribution is -2.34. The fourth-order valence-electron chi connectivity index (χ4n) is 3.25. The van der Waals surface area contributed by atoms with Crippen LogP contribution < -0.4 is 5.32 Å². The maximum absolute atomic E-state index is 10.9. The first kappa shape index (κ1) is 20.9. The zero-order chi connectivity index (χ0) is 20.9. The van der Waals surface area contributed by atoms with Gasteiger partial charge < -0.3 is 34.8 Å². The number of anilines is 1. The van der Waals surface area contributed by atoms with Crippen molar-refractivity contribution in [3.8, 4) is 0 Å². The molecular weight excluding hydrogens is 429 g/mol. The average molecular weight is 450 g/mol. The van der Waals surface area contributed by atoms with Crippen LogP contribution in [0.2, 0.25) is 5.28 Å². The van der Waals surface area contributed by atoms with Crippen LogP contribution >= 0.6 is 19.2 Å².